The number of amides is 1. The minimum Gasteiger partial charge on any atom is -0.469 e. The van der Waals surface area contributed by atoms with Gasteiger partial charge in [-0.25, -0.2) is 0 Å². The van der Waals surface area contributed by atoms with E-state index in [9.17, 15) is 9.59 Å². The molecule has 2 heterocycles. The summed E-state index contributed by atoms with van der Waals surface area (Å²) in [6, 6.07) is 9.75. The molecule has 1 aromatic carbocycles. The summed E-state index contributed by atoms with van der Waals surface area (Å²) in [6.07, 6.45) is 1.32. The molecule has 0 unspecified atom stereocenters. The highest BCUT2D eigenvalue weighted by Crippen LogP contribution is 2.28. The zero-order valence-electron chi connectivity index (χ0n) is 14.4. The average Bonchev–Trinajstić information content (AvgIpc) is 3.13. The predicted octanol–water partition coefficient (Wildman–Crippen LogP) is 2.79. The van der Waals surface area contributed by atoms with Crippen LogP contribution in [0.1, 0.15) is 12.8 Å². The summed E-state index contributed by atoms with van der Waals surface area (Å²) in [7, 11) is 1.40. The Hall–Kier alpha value is -2.13. The van der Waals surface area contributed by atoms with Gasteiger partial charge in [0.25, 0.3) is 0 Å². The number of ether oxygens (including phenoxy) is 1. The van der Waals surface area contributed by atoms with Crippen LogP contribution >= 0.6 is 23.1 Å². The fraction of sp³-hybridized carbons (Fsp3) is 0.412. The number of hydrogen-bond donors (Lipinski definition) is 1. The molecule has 0 saturated carbocycles. The zero-order chi connectivity index (χ0) is 18.4. The number of likely N-dealkylation sites (tertiary alicyclic amines) is 1. The molecular formula is C17H20N4O3S2. The van der Waals surface area contributed by atoms with E-state index in [2.05, 4.69) is 15.5 Å². The first-order chi connectivity index (χ1) is 12.7. The van der Waals surface area contributed by atoms with Crippen LogP contribution in [0.15, 0.2) is 34.7 Å². The molecule has 9 heteroatoms. The van der Waals surface area contributed by atoms with Crippen LogP contribution in [0.3, 0.4) is 0 Å². The first kappa shape index (κ1) is 18.7. The SMILES string of the molecule is COC(=O)C1CCN(C(=O)CSc2nnc(Nc3ccccc3)s2)CC1. The number of carbonyl (C=O) groups is 2. The number of piperidine rings is 1. The zero-order valence-corrected chi connectivity index (χ0v) is 16.0. The molecule has 138 valence electrons. The smallest absolute Gasteiger partial charge is 0.308 e. The number of aromatic nitrogens is 2. The van der Waals surface area contributed by atoms with E-state index in [1.165, 1.54) is 30.2 Å². The van der Waals surface area contributed by atoms with Gasteiger partial charge in [-0.05, 0) is 25.0 Å². The molecule has 0 spiro atoms. The number of nitrogens with zero attached hydrogens (tertiary/aromatic N) is 3. The average molecular weight is 393 g/mol. The summed E-state index contributed by atoms with van der Waals surface area (Å²) in [5, 5.41) is 12.1. The second-order valence-electron chi connectivity index (χ2n) is 5.83. The maximum absolute atomic E-state index is 12.3. The third-order valence-corrected chi connectivity index (χ3v) is 6.09. The van der Waals surface area contributed by atoms with Crippen molar-refractivity contribution in [1.82, 2.24) is 15.1 Å². The Kier molecular flexibility index (Phi) is 6.45. The second kappa shape index (κ2) is 9.00. The highest BCUT2D eigenvalue weighted by atomic mass is 32.2. The fourth-order valence-corrected chi connectivity index (χ4v) is 4.38. The Morgan fingerprint density at radius 2 is 2.00 bits per heavy atom. The van der Waals surface area contributed by atoms with Crippen LogP contribution in [0.2, 0.25) is 0 Å². The Bertz CT molecular complexity index is 745. The summed E-state index contributed by atoms with van der Waals surface area (Å²) in [6.45, 7) is 1.19. The number of methoxy groups -OCH3 is 1. The normalized spacial score (nSPS) is 14.9. The van der Waals surface area contributed by atoms with Crippen molar-refractivity contribution in [3.05, 3.63) is 30.3 Å². The molecule has 2 aromatic rings. The van der Waals surface area contributed by atoms with Gasteiger partial charge < -0.3 is 15.0 Å². The first-order valence-electron chi connectivity index (χ1n) is 8.29. The second-order valence-corrected chi connectivity index (χ2v) is 8.03. The van der Waals surface area contributed by atoms with Gasteiger partial charge in [-0.1, -0.05) is 41.3 Å². The molecule has 7 nitrogen and oxygen atoms in total. The van der Waals surface area contributed by atoms with E-state index in [1.54, 1.807) is 4.90 Å². The number of rotatable bonds is 6. The molecule has 1 saturated heterocycles. The van der Waals surface area contributed by atoms with Crippen LogP contribution in [0.5, 0.6) is 0 Å². The lowest BCUT2D eigenvalue weighted by molar-refractivity contribution is -0.148. The third-order valence-electron chi connectivity index (χ3n) is 4.13. The molecule has 0 aliphatic carbocycles. The standard InChI is InChI=1S/C17H20N4O3S2/c1-24-15(23)12-7-9-21(10-8-12)14(22)11-25-17-20-19-16(26-17)18-13-5-3-2-4-6-13/h2-6,12H,7-11H2,1H3,(H,18,19). The van der Waals surface area contributed by atoms with Gasteiger partial charge in [0.05, 0.1) is 18.8 Å². The molecule has 0 bridgehead atoms. The van der Waals surface area contributed by atoms with Crippen molar-refractivity contribution in [2.75, 3.05) is 31.3 Å². The number of benzene rings is 1. The quantitative estimate of drug-likeness (QED) is 0.598. The molecule has 26 heavy (non-hydrogen) atoms. The molecule has 1 aliphatic heterocycles. The summed E-state index contributed by atoms with van der Waals surface area (Å²) >= 11 is 2.81. The number of anilines is 2. The minimum atomic E-state index is -0.182. The van der Waals surface area contributed by atoms with Gasteiger partial charge in [0.2, 0.25) is 11.0 Å². The summed E-state index contributed by atoms with van der Waals surface area (Å²) in [5.41, 5.74) is 0.949. The molecular weight excluding hydrogens is 372 g/mol. The molecule has 1 amide bonds. The van der Waals surface area contributed by atoms with Crippen molar-refractivity contribution in [3.63, 3.8) is 0 Å². The molecule has 1 aromatic heterocycles. The van der Waals surface area contributed by atoms with E-state index < -0.39 is 0 Å². The molecule has 1 N–H and O–H groups in total. The summed E-state index contributed by atoms with van der Waals surface area (Å²) in [4.78, 5) is 25.7. The Balaban J connectivity index is 1.44. The van der Waals surface area contributed by atoms with Gasteiger partial charge in [-0.3, -0.25) is 9.59 Å². The van der Waals surface area contributed by atoms with Crippen LogP contribution in [0.4, 0.5) is 10.8 Å². The molecule has 3 rings (SSSR count). The third kappa shape index (κ3) is 4.95. The number of hydrogen-bond acceptors (Lipinski definition) is 8. The number of thioether (sulfide) groups is 1. The highest BCUT2D eigenvalue weighted by molar-refractivity contribution is 8.01. The van der Waals surface area contributed by atoms with Crippen LogP contribution < -0.4 is 5.32 Å². The number of esters is 1. The van der Waals surface area contributed by atoms with Crippen LogP contribution in [0, 0.1) is 5.92 Å². The van der Waals surface area contributed by atoms with E-state index in [4.69, 9.17) is 4.74 Å². The van der Waals surface area contributed by atoms with Crippen molar-refractivity contribution in [3.8, 4) is 0 Å². The number of para-hydroxylation sites is 1. The monoisotopic (exact) mass is 392 g/mol. The number of carbonyl (C=O) groups excluding carboxylic acids is 2. The molecule has 1 aliphatic rings. The number of nitrogens with one attached hydrogen (secondary N) is 1. The molecule has 0 radical (unpaired) electrons. The Labute approximate surface area is 160 Å². The van der Waals surface area contributed by atoms with Crippen molar-refractivity contribution in [2.45, 2.75) is 17.2 Å². The highest BCUT2D eigenvalue weighted by Gasteiger charge is 2.27. The van der Waals surface area contributed by atoms with E-state index in [0.29, 0.717) is 36.8 Å². The topological polar surface area (TPSA) is 84.4 Å². The van der Waals surface area contributed by atoms with E-state index in [-0.39, 0.29) is 17.8 Å². The van der Waals surface area contributed by atoms with Crippen LogP contribution in [-0.4, -0.2) is 52.9 Å². The van der Waals surface area contributed by atoms with Crippen molar-refractivity contribution >= 4 is 45.8 Å². The van der Waals surface area contributed by atoms with Crippen LogP contribution in [-0.2, 0) is 14.3 Å². The van der Waals surface area contributed by atoms with Crippen molar-refractivity contribution < 1.29 is 14.3 Å². The first-order valence-corrected chi connectivity index (χ1v) is 10.1. The Morgan fingerprint density at radius 3 is 2.69 bits per heavy atom. The summed E-state index contributed by atoms with van der Waals surface area (Å²) in [5.74, 6) is 0.111. The van der Waals surface area contributed by atoms with E-state index in [1.807, 2.05) is 30.3 Å². The van der Waals surface area contributed by atoms with Gasteiger partial charge >= 0.3 is 5.97 Å². The predicted molar refractivity (Wildman–Crippen MR) is 102 cm³/mol. The van der Waals surface area contributed by atoms with Gasteiger partial charge in [-0.15, -0.1) is 10.2 Å². The minimum absolute atomic E-state index is 0.0612. The van der Waals surface area contributed by atoms with Gasteiger partial charge in [0.1, 0.15) is 0 Å². The largest absolute Gasteiger partial charge is 0.469 e. The van der Waals surface area contributed by atoms with Crippen LogP contribution in [0.25, 0.3) is 0 Å². The lowest BCUT2D eigenvalue weighted by atomic mass is 9.97. The van der Waals surface area contributed by atoms with Crippen molar-refractivity contribution in [1.29, 1.82) is 0 Å². The molecule has 1 fully saturated rings. The lowest BCUT2D eigenvalue weighted by Gasteiger charge is -2.30. The van der Waals surface area contributed by atoms with Crippen molar-refractivity contribution in [2.24, 2.45) is 5.92 Å². The van der Waals surface area contributed by atoms with E-state index >= 15 is 0 Å². The Morgan fingerprint density at radius 1 is 1.27 bits per heavy atom. The van der Waals surface area contributed by atoms with Gasteiger partial charge in [0, 0.05) is 18.8 Å². The van der Waals surface area contributed by atoms with Gasteiger partial charge in [-0.2, -0.15) is 0 Å². The lowest BCUT2D eigenvalue weighted by Crippen LogP contribution is -2.41. The fourth-order valence-electron chi connectivity index (χ4n) is 2.71. The summed E-state index contributed by atoms with van der Waals surface area (Å²) < 4.78 is 5.52. The maximum atomic E-state index is 12.3. The maximum Gasteiger partial charge on any atom is 0.308 e. The molecule has 0 atom stereocenters. The van der Waals surface area contributed by atoms with E-state index in [0.717, 1.165) is 10.0 Å². The van der Waals surface area contributed by atoms with Gasteiger partial charge in [0.15, 0.2) is 4.34 Å².